The summed E-state index contributed by atoms with van der Waals surface area (Å²) in [7, 11) is 0. The molecule has 1 N–H and O–H groups in total. The summed E-state index contributed by atoms with van der Waals surface area (Å²) in [6, 6.07) is 4.96. The van der Waals surface area contributed by atoms with Crippen molar-refractivity contribution in [2.45, 2.75) is 65.7 Å². The van der Waals surface area contributed by atoms with Crippen molar-refractivity contribution in [3.8, 4) is 0 Å². The van der Waals surface area contributed by atoms with Crippen molar-refractivity contribution in [1.29, 1.82) is 0 Å². The molecule has 0 aromatic heterocycles. The topological polar surface area (TPSA) is 21.3 Å². The molecule has 106 valence electrons. The Bertz CT molecular complexity index is 441. The summed E-state index contributed by atoms with van der Waals surface area (Å²) in [6.07, 6.45) is 3.05. The van der Waals surface area contributed by atoms with Crippen LogP contribution in [0.15, 0.2) is 12.1 Å². The first-order valence-corrected chi connectivity index (χ1v) is 7.49. The molecule has 1 aliphatic heterocycles. The van der Waals surface area contributed by atoms with E-state index < -0.39 is 0 Å². The fourth-order valence-corrected chi connectivity index (χ4v) is 3.06. The molecule has 0 radical (unpaired) electrons. The maximum atomic E-state index is 6.09. The molecule has 1 fully saturated rings. The van der Waals surface area contributed by atoms with Gasteiger partial charge in [-0.2, -0.15) is 0 Å². The molecule has 0 saturated carbocycles. The van der Waals surface area contributed by atoms with Gasteiger partial charge in [-0.05, 0) is 69.3 Å². The molecule has 0 bridgehead atoms. The summed E-state index contributed by atoms with van der Waals surface area (Å²) >= 11 is 0. The van der Waals surface area contributed by atoms with Gasteiger partial charge in [0, 0.05) is 0 Å². The Morgan fingerprint density at radius 1 is 1.16 bits per heavy atom. The van der Waals surface area contributed by atoms with Crippen molar-refractivity contribution >= 4 is 0 Å². The van der Waals surface area contributed by atoms with Crippen molar-refractivity contribution in [2.75, 3.05) is 6.54 Å². The van der Waals surface area contributed by atoms with E-state index >= 15 is 0 Å². The smallest absolute Gasteiger partial charge is 0.0774 e. The molecule has 0 amide bonds. The lowest BCUT2D eigenvalue weighted by molar-refractivity contribution is 0.0318. The van der Waals surface area contributed by atoms with Crippen LogP contribution >= 0.6 is 0 Å². The zero-order valence-electron chi connectivity index (χ0n) is 12.9. The molecule has 19 heavy (non-hydrogen) atoms. The fourth-order valence-electron chi connectivity index (χ4n) is 3.06. The van der Waals surface area contributed by atoms with E-state index in [9.17, 15) is 0 Å². The molecule has 1 heterocycles. The maximum absolute atomic E-state index is 6.09. The molecule has 3 unspecified atom stereocenters. The number of benzene rings is 1. The number of rotatable bonds is 4. The van der Waals surface area contributed by atoms with Crippen LogP contribution in [-0.4, -0.2) is 18.8 Å². The average Bonchev–Trinajstić information content (AvgIpc) is 2.78. The Morgan fingerprint density at radius 3 is 2.42 bits per heavy atom. The number of hydrogen-bond acceptors (Lipinski definition) is 2. The largest absolute Gasteiger partial charge is 0.373 e. The Hall–Kier alpha value is -0.860. The van der Waals surface area contributed by atoms with Crippen LogP contribution in [0.4, 0.5) is 0 Å². The first kappa shape index (κ1) is 14.5. The molecule has 1 aliphatic rings. The van der Waals surface area contributed by atoms with Crippen LogP contribution in [0, 0.1) is 20.8 Å². The Kier molecular flexibility index (Phi) is 4.64. The van der Waals surface area contributed by atoms with E-state index in [1.165, 1.54) is 28.7 Å². The minimum absolute atomic E-state index is 0.316. The van der Waals surface area contributed by atoms with E-state index in [1.807, 2.05) is 0 Å². The van der Waals surface area contributed by atoms with E-state index in [-0.39, 0.29) is 0 Å². The maximum Gasteiger partial charge on any atom is 0.0774 e. The molecule has 0 spiro atoms. The fraction of sp³-hybridized carbons (Fsp3) is 0.647. The summed E-state index contributed by atoms with van der Waals surface area (Å²) in [5.41, 5.74) is 5.52. The molecule has 2 heteroatoms. The normalized spacial score (nSPS) is 24.7. The van der Waals surface area contributed by atoms with Gasteiger partial charge in [0.2, 0.25) is 0 Å². The molecular formula is C17H27NO. The van der Waals surface area contributed by atoms with Crippen molar-refractivity contribution in [3.63, 3.8) is 0 Å². The predicted molar refractivity (Wildman–Crippen MR) is 80.6 cm³/mol. The second-order valence-corrected chi connectivity index (χ2v) is 5.89. The summed E-state index contributed by atoms with van der Waals surface area (Å²) in [5, 5.41) is 3.62. The SMILES string of the molecule is CCNC(c1cc(C)c(C)cc1C)C1CCC(C)O1. The second kappa shape index (κ2) is 6.06. The van der Waals surface area contributed by atoms with Crippen LogP contribution in [0.3, 0.4) is 0 Å². The minimum Gasteiger partial charge on any atom is -0.373 e. The molecule has 1 aromatic carbocycles. The molecule has 2 nitrogen and oxygen atoms in total. The van der Waals surface area contributed by atoms with Gasteiger partial charge in [0.05, 0.1) is 18.2 Å². The van der Waals surface area contributed by atoms with Crippen LogP contribution in [0.2, 0.25) is 0 Å². The standard InChI is InChI=1S/C17H27NO/c1-6-18-17(16-8-7-14(5)19-16)15-10-12(3)11(2)9-13(15)4/h9-10,14,16-18H,6-8H2,1-5H3. The van der Waals surface area contributed by atoms with E-state index in [0.29, 0.717) is 18.2 Å². The summed E-state index contributed by atoms with van der Waals surface area (Å²) in [5.74, 6) is 0. The van der Waals surface area contributed by atoms with Crippen LogP contribution in [0.25, 0.3) is 0 Å². The van der Waals surface area contributed by atoms with E-state index in [4.69, 9.17) is 4.74 Å². The zero-order chi connectivity index (χ0) is 14.0. The number of aryl methyl sites for hydroxylation is 3. The molecule has 2 rings (SSSR count). The monoisotopic (exact) mass is 261 g/mol. The lowest BCUT2D eigenvalue weighted by atomic mass is 9.92. The first-order chi connectivity index (χ1) is 9.02. The summed E-state index contributed by atoms with van der Waals surface area (Å²) in [4.78, 5) is 0. The first-order valence-electron chi connectivity index (χ1n) is 7.49. The highest BCUT2D eigenvalue weighted by molar-refractivity contribution is 5.38. The van der Waals surface area contributed by atoms with Gasteiger partial charge in [-0.1, -0.05) is 19.1 Å². The average molecular weight is 261 g/mol. The quantitative estimate of drug-likeness (QED) is 0.889. The third kappa shape index (κ3) is 3.18. The highest BCUT2D eigenvalue weighted by atomic mass is 16.5. The number of ether oxygens (including phenoxy) is 1. The molecule has 1 aromatic rings. The number of likely N-dealkylation sites (N-methyl/N-ethyl adjacent to an activating group) is 1. The molecule has 1 saturated heterocycles. The predicted octanol–water partition coefficient (Wildman–Crippen LogP) is 3.83. The highest BCUT2D eigenvalue weighted by Crippen LogP contribution is 2.32. The van der Waals surface area contributed by atoms with Crippen molar-refractivity contribution < 1.29 is 4.74 Å². The van der Waals surface area contributed by atoms with Gasteiger partial charge in [-0.3, -0.25) is 0 Å². The van der Waals surface area contributed by atoms with Crippen LogP contribution < -0.4 is 5.32 Å². The molecular weight excluding hydrogens is 234 g/mol. The number of hydrogen-bond donors (Lipinski definition) is 1. The summed E-state index contributed by atoms with van der Waals surface area (Å²) < 4.78 is 6.09. The highest BCUT2D eigenvalue weighted by Gasteiger charge is 2.31. The van der Waals surface area contributed by atoms with Crippen molar-refractivity contribution in [1.82, 2.24) is 5.32 Å². The summed E-state index contributed by atoms with van der Waals surface area (Å²) in [6.45, 7) is 11.9. The Labute approximate surface area is 117 Å². The minimum atomic E-state index is 0.316. The van der Waals surface area contributed by atoms with Gasteiger partial charge < -0.3 is 10.1 Å². The van der Waals surface area contributed by atoms with Gasteiger partial charge >= 0.3 is 0 Å². The van der Waals surface area contributed by atoms with Crippen LogP contribution in [0.1, 0.15) is 55.0 Å². The van der Waals surface area contributed by atoms with Gasteiger partial charge in [-0.25, -0.2) is 0 Å². The van der Waals surface area contributed by atoms with Gasteiger partial charge in [0.25, 0.3) is 0 Å². The third-order valence-electron chi connectivity index (χ3n) is 4.28. The van der Waals surface area contributed by atoms with Crippen LogP contribution in [0.5, 0.6) is 0 Å². The van der Waals surface area contributed by atoms with Gasteiger partial charge in [-0.15, -0.1) is 0 Å². The molecule has 3 atom stereocenters. The van der Waals surface area contributed by atoms with Crippen molar-refractivity contribution in [3.05, 3.63) is 34.4 Å². The van der Waals surface area contributed by atoms with E-state index in [1.54, 1.807) is 0 Å². The number of nitrogens with one attached hydrogen (secondary N) is 1. The lowest BCUT2D eigenvalue weighted by Crippen LogP contribution is -2.32. The Balaban J connectivity index is 2.30. The Morgan fingerprint density at radius 2 is 1.84 bits per heavy atom. The van der Waals surface area contributed by atoms with E-state index in [2.05, 4.69) is 52.1 Å². The van der Waals surface area contributed by atoms with Crippen LogP contribution in [-0.2, 0) is 4.74 Å². The van der Waals surface area contributed by atoms with Gasteiger partial charge in [0.15, 0.2) is 0 Å². The second-order valence-electron chi connectivity index (χ2n) is 5.89. The third-order valence-corrected chi connectivity index (χ3v) is 4.28. The lowest BCUT2D eigenvalue weighted by Gasteiger charge is -2.27. The van der Waals surface area contributed by atoms with Gasteiger partial charge in [0.1, 0.15) is 0 Å². The molecule has 0 aliphatic carbocycles. The van der Waals surface area contributed by atoms with Crippen molar-refractivity contribution in [2.24, 2.45) is 0 Å². The zero-order valence-corrected chi connectivity index (χ0v) is 12.9. The van der Waals surface area contributed by atoms with E-state index in [0.717, 1.165) is 13.0 Å².